The van der Waals surface area contributed by atoms with Crippen molar-refractivity contribution in [2.24, 2.45) is 5.73 Å². The van der Waals surface area contributed by atoms with Crippen LogP contribution in [0.5, 0.6) is 0 Å². The molecule has 0 saturated carbocycles. The highest BCUT2D eigenvalue weighted by molar-refractivity contribution is 5.48. The van der Waals surface area contributed by atoms with Gasteiger partial charge in [-0.05, 0) is 39.0 Å². The molecule has 1 aliphatic carbocycles. The van der Waals surface area contributed by atoms with E-state index in [1.54, 1.807) is 6.33 Å². The number of rotatable bonds is 4. The topological polar surface area (TPSA) is 63.8 Å². The van der Waals surface area contributed by atoms with E-state index in [2.05, 4.69) is 29.1 Å². The molecule has 0 spiro atoms. The highest BCUT2D eigenvalue weighted by atomic mass is 15.1. The van der Waals surface area contributed by atoms with Crippen molar-refractivity contribution in [3.8, 4) is 0 Å². The molecule has 0 aliphatic heterocycles. The molecule has 0 saturated heterocycles. The summed E-state index contributed by atoms with van der Waals surface area (Å²) in [6.07, 6.45) is 8.60. The number of aromatic nitrogens is 2. The van der Waals surface area contributed by atoms with Gasteiger partial charge in [-0.3, -0.25) is 0 Å². The van der Waals surface area contributed by atoms with Gasteiger partial charge in [0.2, 0.25) is 0 Å². The van der Waals surface area contributed by atoms with Crippen LogP contribution in [-0.4, -0.2) is 22.1 Å². The van der Waals surface area contributed by atoms with Crippen LogP contribution in [0.15, 0.2) is 6.33 Å². The number of aryl methyl sites for hydroxylation is 1. The van der Waals surface area contributed by atoms with Crippen LogP contribution in [0.3, 0.4) is 0 Å². The van der Waals surface area contributed by atoms with Crippen molar-refractivity contribution >= 4 is 5.82 Å². The van der Waals surface area contributed by atoms with Gasteiger partial charge in [-0.2, -0.15) is 0 Å². The fourth-order valence-electron chi connectivity index (χ4n) is 2.38. The van der Waals surface area contributed by atoms with E-state index in [1.807, 2.05) is 0 Å². The van der Waals surface area contributed by atoms with Crippen LogP contribution in [0.4, 0.5) is 5.82 Å². The number of anilines is 1. The first kappa shape index (κ1) is 13.3. The third-order valence-electron chi connectivity index (χ3n) is 4.03. The molecule has 18 heavy (non-hydrogen) atoms. The van der Waals surface area contributed by atoms with Gasteiger partial charge in [-0.25, -0.2) is 9.97 Å². The average molecular weight is 248 g/mol. The van der Waals surface area contributed by atoms with Gasteiger partial charge < -0.3 is 11.1 Å². The Bertz CT molecular complexity index is 399. The molecule has 1 atom stereocenters. The van der Waals surface area contributed by atoms with Crippen LogP contribution in [0.25, 0.3) is 0 Å². The molecule has 100 valence electrons. The number of nitrogens with one attached hydrogen (secondary N) is 1. The summed E-state index contributed by atoms with van der Waals surface area (Å²) in [6.45, 7) is 4.92. The van der Waals surface area contributed by atoms with E-state index in [0.717, 1.165) is 25.1 Å². The van der Waals surface area contributed by atoms with Gasteiger partial charge in [0.05, 0.1) is 0 Å². The second kappa shape index (κ2) is 5.65. The molecular formula is C14H24N4. The van der Waals surface area contributed by atoms with Crippen molar-refractivity contribution in [2.75, 3.05) is 11.9 Å². The van der Waals surface area contributed by atoms with Gasteiger partial charge in [0.1, 0.15) is 12.1 Å². The molecule has 1 unspecified atom stereocenters. The third kappa shape index (κ3) is 2.80. The smallest absolute Gasteiger partial charge is 0.133 e. The van der Waals surface area contributed by atoms with E-state index in [4.69, 9.17) is 5.73 Å². The van der Waals surface area contributed by atoms with Gasteiger partial charge in [0.25, 0.3) is 0 Å². The Balaban J connectivity index is 2.28. The monoisotopic (exact) mass is 248 g/mol. The van der Waals surface area contributed by atoms with Crippen molar-refractivity contribution in [1.29, 1.82) is 0 Å². The van der Waals surface area contributed by atoms with E-state index < -0.39 is 0 Å². The Hall–Kier alpha value is -1.16. The fraction of sp³-hybridized carbons (Fsp3) is 0.714. The average Bonchev–Trinajstić information content (AvgIpc) is 2.64. The van der Waals surface area contributed by atoms with Gasteiger partial charge in [-0.15, -0.1) is 0 Å². The molecule has 2 rings (SSSR count). The SMILES string of the molecule is CCC(C)(CN)Nc1ncnc2c1CCCCC2. The Labute approximate surface area is 109 Å². The highest BCUT2D eigenvalue weighted by Gasteiger charge is 2.23. The largest absolute Gasteiger partial charge is 0.363 e. The number of fused-ring (bicyclic) bond motifs is 1. The molecule has 0 amide bonds. The van der Waals surface area contributed by atoms with E-state index in [1.165, 1.54) is 30.5 Å². The Kier molecular flexibility index (Phi) is 4.17. The van der Waals surface area contributed by atoms with Crippen LogP contribution in [0, 0.1) is 0 Å². The fourth-order valence-corrected chi connectivity index (χ4v) is 2.38. The Morgan fingerprint density at radius 1 is 1.28 bits per heavy atom. The van der Waals surface area contributed by atoms with Crippen LogP contribution in [0.2, 0.25) is 0 Å². The second-order valence-corrected chi connectivity index (χ2v) is 5.45. The Morgan fingerprint density at radius 3 is 2.78 bits per heavy atom. The molecule has 1 aromatic rings. The first-order valence-corrected chi connectivity index (χ1v) is 6.99. The van der Waals surface area contributed by atoms with E-state index in [-0.39, 0.29) is 5.54 Å². The van der Waals surface area contributed by atoms with Crippen molar-refractivity contribution < 1.29 is 0 Å². The maximum Gasteiger partial charge on any atom is 0.133 e. The van der Waals surface area contributed by atoms with Crippen molar-refractivity contribution in [3.05, 3.63) is 17.6 Å². The van der Waals surface area contributed by atoms with E-state index in [0.29, 0.717) is 6.54 Å². The van der Waals surface area contributed by atoms with Crippen molar-refractivity contribution in [2.45, 2.75) is 57.9 Å². The molecule has 4 heteroatoms. The minimum Gasteiger partial charge on any atom is -0.363 e. The van der Waals surface area contributed by atoms with E-state index >= 15 is 0 Å². The number of nitrogens with two attached hydrogens (primary N) is 1. The van der Waals surface area contributed by atoms with Crippen molar-refractivity contribution in [1.82, 2.24) is 9.97 Å². The van der Waals surface area contributed by atoms with Crippen LogP contribution >= 0.6 is 0 Å². The summed E-state index contributed by atoms with van der Waals surface area (Å²) in [6, 6.07) is 0. The maximum atomic E-state index is 5.87. The predicted molar refractivity (Wildman–Crippen MR) is 74.7 cm³/mol. The lowest BCUT2D eigenvalue weighted by molar-refractivity contribution is 0.503. The first-order valence-electron chi connectivity index (χ1n) is 6.99. The molecule has 1 aliphatic rings. The summed E-state index contributed by atoms with van der Waals surface area (Å²) in [5, 5.41) is 3.53. The summed E-state index contributed by atoms with van der Waals surface area (Å²) in [7, 11) is 0. The first-order chi connectivity index (χ1) is 8.68. The van der Waals surface area contributed by atoms with Crippen LogP contribution in [-0.2, 0) is 12.8 Å². The zero-order valence-corrected chi connectivity index (χ0v) is 11.5. The summed E-state index contributed by atoms with van der Waals surface area (Å²) >= 11 is 0. The molecule has 4 nitrogen and oxygen atoms in total. The van der Waals surface area contributed by atoms with Gasteiger partial charge in [0, 0.05) is 23.3 Å². The zero-order chi connectivity index (χ0) is 13.0. The third-order valence-corrected chi connectivity index (χ3v) is 4.03. The quantitative estimate of drug-likeness (QED) is 0.802. The lowest BCUT2D eigenvalue weighted by Crippen LogP contribution is -2.42. The molecule has 0 aromatic carbocycles. The number of nitrogens with zero attached hydrogens (tertiary/aromatic N) is 2. The van der Waals surface area contributed by atoms with Gasteiger partial charge in [-0.1, -0.05) is 13.3 Å². The summed E-state index contributed by atoms with van der Waals surface area (Å²) in [5.41, 5.74) is 8.32. The minimum atomic E-state index is -0.0750. The summed E-state index contributed by atoms with van der Waals surface area (Å²) < 4.78 is 0. The zero-order valence-electron chi connectivity index (χ0n) is 11.5. The lowest BCUT2D eigenvalue weighted by atomic mass is 9.98. The van der Waals surface area contributed by atoms with Gasteiger partial charge >= 0.3 is 0 Å². The molecule has 3 N–H and O–H groups in total. The maximum absolute atomic E-state index is 5.87. The molecule has 1 heterocycles. The summed E-state index contributed by atoms with van der Waals surface area (Å²) in [5.74, 6) is 0.997. The van der Waals surface area contributed by atoms with Crippen LogP contribution < -0.4 is 11.1 Å². The highest BCUT2D eigenvalue weighted by Crippen LogP contribution is 2.26. The minimum absolute atomic E-state index is 0.0750. The number of hydrogen-bond donors (Lipinski definition) is 2. The molecular weight excluding hydrogens is 224 g/mol. The van der Waals surface area contributed by atoms with E-state index in [9.17, 15) is 0 Å². The molecule has 0 fully saturated rings. The normalized spacial score (nSPS) is 18.6. The predicted octanol–water partition coefficient (Wildman–Crippen LogP) is 2.28. The standard InChI is InChI=1S/C14H24N4/c1-3-14(2,9-15)18-13-11-7-5-4-6-8-12(11)16-10-17-13/h10H,3-9,15H2,1-2H3,(H,16,17,18). The molecule has 0 bridgehead atoms. The lowest BCUT2D eigenvalue weighted by Gasteiger charge is -2.29. The molecule has 0 radical (unpaired) electrons. The molecule has 1 aromatic heterocycles. The second-order valence-electron chi connectivity index (χ2n) is 5.45. The number of hydrogen-bond acceptors (Lipinski definition) is 4. The Morgan fingerprint density at radius 2 is 2.06 bits per heavy atom. The van der Waals surface area contributed by atoms with Crippen molar-refractivity contribution in [3.63, 3.8) is 0 Å². The summed E-state index contributed by atoms with van der Waals surface area (Å²) in [4.78, 5) is 8.88. The van der Waals surface area contributed by atoms with Crippen LogP contribution in [0.1, 0.15) is 50.8 Å². The van der Waals surface area contributed by atoms with Gasteiger partial charge in [0.15, 0.2) is 0 Å².